The summed E-state index contributed by atoms with van der Waals surface area (Å²) >= 11 is 0. The first kappa shape index (κ1) is 15.6. The molecule has 5 nitrogen and oxygen atoms in total. The standard InChI is InChI=1S/C17H17NO4/c1-3-21-17(19)13(11-18)16(15-9-6-10-22-15)12-7-4-5-8-14(12)20-2/h4-10,13,16H,3H2,1-2H3. The number of para-hydroxylation sites is 1. The molecule has 0 bridgehead atoms. The van der Waals surface area contributed by atoms with E-state index in [-0.39, 0.29) is 6.61 Å². The maximum Gasteiger partial charge on any atom is 0.324 e. The van der Waals surface area contributed by atoms with Crippen molar-refractivity contribution in [3.63, 3.8) is 0 Å². The number of esters is 1. The Bertz CT molecular complexity index is 658. The number of furan rings is 1. The Balaban J connectivity index is 2.52. The molecule has 0 saturated heterocycles. The highest BCUT2D eigenvalue weighted by atomic mass is 16.5. The fourth-order valence-electron chi connectivity index (χ4n) is 2.38. The fourth-order valence-corrected chi connectivity index (χ4v) is 2.38. The number of carbonyl (C=O) groups excluding carboxylic acids is 1. The summed E-state index contributed by atoms with van der Waals surface area (Å²) in [4.78, 5) is 12.2. The van der Waals surface area contributed by atoms with Gasteiger partial charge in [0.15, 0.2) is 5.92 Å². The SMILES string of the molecule is CCOC(=O)C(C#N)C(c1ccco1)c1ccccc1OC. The summed E-state index contributed by atoms with van der Waals surface area (Å²) in [5.41, 5.74) is 0.708. The van der Waals surface area contributed by atoms with Crippen LogP contribution in [0.5, 0.6) is 5.75 Å². The second-order valence-corrected chi connectivity index (χ2v) is 4.59. The normalized spacial score (nSPS) is 13.0. The zero-order valence-electron chi connectivity index (χ0n) is 12.5. The van der Waals surface area contributed by atoms with Crippen LogP contribution in [-0.4, -0.2) is 19.7 Å². The summed E-state index contributed by atoms with van der Waals surface area (Å²) < 4.78 is 15.8. The molecule has 0 saturated carbocycles. The van der Waals surface area contributed by atoms with Gasteiger partial charge in [0.2, 0.25) is 0 Å². The van der Waals surface area contributed by atoms with E-state index < -0.39 is 17.8 Å². The molecule has 2 rings (SSSR count). The average Bonchev–Trinajstić information content (AvgIpc) is 3.06. The van der Waals surface area contributed by atoms with E-state index >= 15 is 0 Å². The second-order valence-electron chi connectivity index (χ2n) is 4.59. The molecule has 114 valence electrons. The van der Waals surface area contributed by atoms with E-state index in [1.165, 1.54) is 6.26 Å². The van der Waals surface area contributed by atoms with Gasteiger partial charge in [-0.2, -0.15) is 5.26 Å². The molecule has 2 atom stereocenters. The number of hydrogen-bond acceptors (Lipinski definition) is 5. The van der Waals surface area contributed by atoms with Gasteiger partial charge in [-0.15, -0.1) is 0 Å². The monoisotopic (exact) mass is 299 g/mol. The minimum Gasteiger partial charge on any atom is -0.496 e. The Hall–Kier alpha value is -2.74. The van der Waals surface area contributed by atoms with Gasteiger partial charge in [0, 0.05) is 5.56 Å². The van der Waals surface area contributed by atoms with E-state index in [0.717, 1.165) is 0 Å². The quantitative estimate of drug-likeness (QED) is 0.766. The lowest BCUT2D eigenvalue weighted by molar-refractivity contribution is -0.146. The van der Waals surface area contributed by atoms with Crippen LogP contribution in [0.4, 0.5) is 0 Å². The molecule has 0 spiro atoms. The van der Waals surface area contributed by atoms with Gasteiger partial charge in [-0.3, -0.25) is 4.79 Å². The highest BCUT2D eigenvalue weighted by Gasteiger charge is 2.35. The third-order valence-electron chi connectivity index (χ3n) is 3.34. The van der Waals surface area contributed by atoms with Crippen LogP contribution in [0.1, 0.15) is 24.2 Å². The molecule has 22 heavy (non-hydrogen) atoms. The first-order chi connectivity index (χ1) is 10.7. The van der Waals surface area contributed by atoms with Crippen molar-refractivity contribution in [2.75, 3.05) is 13.7 Å². The van der Waals surface area contributed by atoms with Crippen molar-refractivity contribution in [1.29, 1.82) is 5.26 Å². The molecule has 0 amide bonds. The molecular formula is C17H17NO4. The van der Waals surface area contributed by atoms with Crippen LogP contribution < -0.4 is 4.74 Å². The molecule has 0 N–H and O–H groups in total. The molecule has 1 heterocycles. The number of rotatable bonds is 6. The first-order valence-corrected chi connectivity index (χ1v) is 6.95. The summed E-state index contributed by atoms with van der Waals surface area (Å²) in [6, 6.07) is 12.7. The van der Waals surface area contributed by atoms with Crippen LogP contribution in [0.15, 0.2) is 47.1 Å². The van der Waals surface area contributed by atoms with Crippen LogP contribution in [0.2, 0.25) is 0 Å². The summed E-state index contributed by atoms with van der Waals surface area (Å²) in [6.45, 7) is 1.92. The van der Waals surface area contributed by atoms with Gasteiger partial charge in [0.05, 0.1) is 32.0 Å². The number of ether oxygens (including phenoxy) is 2. The molecule has 2 aromatic rings. The lowest BCUT2D eigenvalue weighted by atomic mass is 9.84. The van der Waals surface area contributed by atoms with Crippen LogP contribution in [0, 0.1) is 17.2 Å². The van der Waals surface area contributed by atoms with Crippen molar-refractivity contribution in [1.82, 2.24) is 0 Å². The van der Waals surface area contributed by atoms with Gasteiger partial charge < -0.3 is 13.9 Å². The second kappa shape index (κ2) is 7.32. The number of nitriles is 1. The van der Waals surface area contributed by atoms with Gasteiger partial charge >= 0.3 is 5.97 Å². The van der Waals surface area contributed by atoms with Crippen LogP contribution in [0.3, 0.4) is 0 Å². The van der Waals surface area contributed by atoms with Gasteiger partial charge in [0.25, 0.3) is 0 Å². The summed E-state index contributed by atoms with van der Waals surface area (Å²) in [7, 11) is 1.55. The Morgan fingerprint density at radius 3 is 2.68 bits per heavy atom. The topological polar surface area (TPSA) is 72.5 Å². The summed E-state index contributed by atoms with van der Waals surface area (Å²) in [5.74, 6) is -1.06. The van der Waals surface area contributed by atoms with Crippen molar-refractivity contribution in [2.45, 2.75) is 12.8 Å². The Labute approximate surface area is 129 Å². The lowest BCUT2D eigenvalue weighted by Gasteiger charge is -2.21. The minimum atomic E-state index is -1.01. The number of carbonyl (C=O) groups is 1. The first-order valence-electron chi connectivity index (χ1n) is 6.95. The van der Waals surface area contributed by atoms with Crippen LogP contribution >= 0.6 is 0 Å². The van der Waals surface area contributed by atoms with Gasteiger partial charge in [-0.25, -0.2) is 0 Å². The van der Waals surface area contributed by atoms with E-state index in [0.29, 0.717) is 17.1 Å². The number of methoxy groups -OCH3 is 1. The third kappa shape index (κ3) is 3.12. The molecule has 2 unspecified atom stereocenters. The number of nitrogens with zero attached hydrogens (tertiary/aromatic N) is 1. The minimum absolute atomic E-state index is 0.216. The van der Waals surface area contributed by atoms with Crippen LogP contribution in [0.25, 0.3) is 0 Å². The predicted molar refractivity (Wildman–Crippen MR) is 79.3 cm³/mol. The summed E-state index contributed by atoms with van der Waals surface area (Å²) in [6.07, 6.45) is 1.51. The Morgan fingerprint density at radius 2 is 2.09 bits per heavy atom. The molecule has 0 fully saturated rings. The maximum absolute atomic E-state index is 12.2. The zero-order chi connectivity index (χ0) is 15.9. The molecule has 0 aliphatic heterocycles. The van der Waals surface area contributed by atoms with Gasteiger partial charge in [0.1, 0.15) is 11.5 Å². The number of benzene rings is 1. The maximum atomic E-state index is 12.2. The molecule has 0 aliphatic rings. The van der Waals surface area contributed by atoms with E-state index in [1.54, 1.807) is 32.2 Å². The summed E-state index contributed by atoms with van der Waals surface area (Å²) in [5, 5.41) is 9.48. The van der Waals surface area contributed by atoms with Crippen molar-refractivity contribution >= 4 is 5.97 Å². The molecule has 1 aromatic heterocycles. The molecule has 1 aromatic carbocycles. The average molecular weight is 299 g/mol. The highest BCUT2D eigenvalue weighted by molar-refractivity contribution is 5.77. The van der Waals surface area contributed by atoms with E-state index in [1.807, 2.05) is 24.3 Å². The predicted octanol–water partition coefficient (Wildman–Crippen LogP) is 3.12. The molecule has 5 heteroatoms. The highest BCUT2D eigenvalue weighted by Crippen LogP contribution is 2.37. The van der Waals surface area contributed by atoms with Crippen molar-refractivity contribution in [3.05, 3.63) is 54.0 Å². The lowest BCUT2D eigenvalue weighted by Crippen LogP contribution is -2.24. The van der Waals surface area contributed by atoms with Gasteiger partial charge in [-0.05, 0) is 25.1 Å². The third-order valence-corrected chi connectivity index (χ3v) is 3.34. The van der Waals surface area contributed by atoms with Crippen molar-refractivity contribution < 1.29 is 18.7 Å². The molecule has 0 aliphatic carbocycles. The van der Waals surface area contributed by atoms with Gasteiger partial charge in [-0.1, -0.05) is 18.2 Å². The molecular weight excluding hydrogens is 282 g/mol. The van der Waals surface area contributed by atoms with E-state index in [9.17, 15) is 10.1 Å². The van der Waals surface area contributed by atoms with Crippen LogP contribution in [-0.2, 0) is 9.53 Å². The van der Waals surface area contributed by atoms with Crippen molar-refractivity contribution in [2.24, 2.45) is 5.92 Å². The fraction of sp³-hybridized carbons (Fsp3) is 0.294. The zero-order valence-corrected chi connectivity index (χ0v) is 12.5. The van der Waals surface area contributed by atoms with E-state index in [4.69, 9.17) is 13.9 Å². The Kier molecular flexibility index (Phi) is 5.21. The Morgan fingerprint density at radius 1 is 1.32 bits per heavy atom. The van der Waals surface area contributed by atoms with Crippen molar-refractivity contribution in [3.8, 4) is 11.8 Å². The smallest absolute Gasteiger partial charge is 0.324 e. The number of hydrogen-bond donors (Lipinski definition) is 0. The molecule has 0 radical (unpaired) electrons. The largest absolute Gasteiger partial charge is 0.496 e. The van der Waals surface area contributed by atoms with E-state index in [2.05, 4.69) is 0 Å².